The highest BCUT2D eigenvalue weighted by molar-refractivity contribution is 9.11. The minimum absolute atomic E-state index is 0.0419. The highest BCUT2D eigenvalue weighted by Gasteiger charge is 2.42. The van der Waals surface area contributed by atoms with Crippen LogP contribution in [0, 0.1) is 6.92 Å². The number of nitrogens with one attached hydrogen (secondary N) is 1. The standard InChI is InChI=1S/C16H10Br2F3NOS/c1-7-10(17)6-11(18)14-13(7)8(15(23)22-14)5-9(16(19,20)21)12-3-2-4-24-12/h2-6,9H,1H3,(H,22,23). The summed E-state index contributed by atoms with van der Waals surface area (Å²) in [6, 6.07) is 4.76. The summed E-state index contributed by atoms with van der Waals surface area (Å²) in [7, 11) is 0. The molecule has 1 aromatic carbocycles. The number of hydrogen-bond acceptors (Lipinski definition) is 2. The van der Waals surface area contributed by atoms with Crippen molar-refractivity contribution in [1.82, 2.24) is 0 Å². The molecule has 0 saturated carbocycles. The second-order valence-electron chi connectivity index (χ2n) is 5.28. The first-order valence-electron chi connectivity index (χ1n) is 6.82. The lowest BCUT2D eigenvalue weighted by Crippen LogP contribution is -2.19. The van der Waals surface area contributed by atoms with Crippen LogP contribution in [-0.2, 0) is 4.79 Å². The Morgan fingerprint density at radius 2 is 2.00 bits per heavy atom. The summed E-state index contributed by atoms with van der Waals surface area (Å²) >= 11 is 7.73. The van der Waals surface area contributed by atoms with Crippen LogP contribution in [0.1, 0.15) is 21.9 Å². The molecule has 8 heteroatoms. The van der Waals surface area contributed by atoms with Gasteiger partial charge in [0.15, 0.2) is 0 Å². The average molecular weight is 481 g/mol. The van der Waals surface area contributed by atoms with Crippen molar-refractivity contribution in [3.05, 3.63) is 54.6 Å². The molecule has 0 bridgehead atoms. The van der Waals surface area contributed by atoms with Crippen LogP contribution in [0.2, 0.25) is 0 Å². The first kappa shape index (κ1) is 17.7. The third-order valence-electron chi connectivity index (χ3n) is 3.76. The molecule has 1 N–H and O–H groups in total. The quantitative estimate of drug-likeness (QED) is 0.504. The number of fused-ring (bicyclic) bond motifs is 1. The summed E-state index contributed by atoms with van der Waals surface area (Å²) in [6.07, 6.45) is -3.46. The molecule has 1 atom stereocenters. The van der Waals surface area contributed by atoms with E-state index in [0.717, 1.165) is 21.9 Å². The van der Waals surface area contributed by atoms with Gasteiger partial charge in [-0.05, 0) is 45.9 Å². The van der Waals surface area contributed by atoms with Crippen molar-refractivity contribution in [2.24, 2.45) is 0 Å². The molecule has 2 nitrogen and oxygen atoms in total. The van der Waals surface area contributed by atoms with Crippen LogP contribution in [0.4, 0.5) is 18.9 Å². The highest BCUT2D eigenvalue weighted by Crippen LogP contribution is 2.46. The third-order valence-corrected chi connectivity index (χ3v) is 6.17. The van der Waals surface area contributed by atoms with Crippen molar-refractivity contribution < 1.29 is 18.0 Å². The van der Waals surface area contributed by atoms with Gasteiger partial charge in [-0.15, -0.1) is 11.3 Å². The first-order chi connectivity index (χ1) is 11.2. The lowest BCUT2D eigenvalue weighted by Gasteiger charge is -2.16. The normalized spacial score (nSPS) is 17.1. The minimum atomic E-state index is -4.47. The molecule has 2 aromatic rings. The van der Waals surface area contributed by atoms with Crippen molar-refractivity contribution in [1.29, 1.82) is 0 Å². The number of allylic oxidation sites excluding steroid dienone is 1. The van der Waals surface area contributed by atoms with E-state index in [-0.39, 0.29) is 10.5 Å². The van der Waals surface area contributed by atoms with Gasteiger partial charge in [0, 0.05) is 25.0 Å². The third kappa shape index (κ3) is 3.07. The summed E-state index contributed by atoms with van der Waals surface area (Å²) in [5, 5.41) is 4.24. The fourth-order valence-electron chi connectivity index (χ4n) is 2.60. The molecule has 3 rings (SSSR count). The number of halogens is 5. The Kier molecular flexibility index (Phi) is 4.65. The van der Waals surface area contributed by atoms with Gasteiger partial charge in [-0.25, -0.2) is 0 Å². The van der Waals surface area contributed by atoms with E-state index in [4.69, 9.17) is 0 Å². The largest absolute Gasteiger partial charge is 0.399 e. The zero-order chi connectivity index (χ0) is 17.6. The predicted octanol–water partition coefficient (Wildman–Crippen LogP) is 6.26. The molecular formula is C16H10Br2F3NOS. The zero-order valence-corrected chi connectivity index (χ0v) is 16.2. The molecular weight excluding hydrogens is 471 g/mol. The number of thiophene rings is 1. The van der Waals surface area contributed by atoms with Crippen LogP contribution in [-0.4, -0.2) is 12.1 Å². The maximum atomic E-state index is 13.5. The molecule has 2 heterocycles. The maximum absolute atomic E-state index is 13.5. The van der Waals surface area contributed by atoms with E-state index in [1.54, 1.807) is 24.4 Å². The van der Waals surface area contributed by atoms with E-state index in [1.165, 1.54) is 6.07 Å². The number of amides is 1. The van der Waals surface area contributed by atoms with Gasteiger partial charge in [-0.3, -0.25) is 4.79 Å². The van der Waals surface area contributed by atoms with E-state index < -0.39 is 18.0 Å². The van der Waals surface area contributed by atoms with Gasteiger partial charge in [-0.2, -0.15) is 13.2 Å². The van der Waals surface area contributed by atoms with Gasteiger partial charge < -0.3 is 5.32 Å². The van der Waals surface area contributed by atoms with Gasteiger partial charge in [0.05, 0.1) is 5.69 Å². The van der Waals surface area contributed by atoms with Crippen molar-refractivity contribution >= 4 is 60.4 Å². The Bertz CT molecular complexity index is 844. The minimum Gasteiger partial charge on any atom is -0.320 e. The van der Waals surface area contributed by atoms with Gasteiger partial charge in [-0.1, -0.05) is 28.1 Å². The molecule has 1 amide bonds. The lowest BCUT2D eigenvalue weighted by molar-refractivity contribution is -0.138. The van der Waals surface area contributed by atoms with Crippen molar-refractivity contribution in [3.63, 3.8) is 0 Å². The SMILES string of the molecule is Cc1c(Br)cc(Br)c2c1C(=CC(c1cccs1)C(F)(F)F)C(=O)N2. The van der Waals surface area contributed by atoms with Crippen LogP contribution in [0.25, 0.3) is 5.57 Å². The van der Waals surface area contributed by atoms with Crippen molar-refractivity contribution in [2.45, 2.75) is 19.0 Å². The number of alkyl halides is 3. The number of rotatable bonds is 2. The number of carbonyl (C=O) groups is 1. The van der Waals surface area contributed by atoms with E-state index in [1.807, 2.05) is 0 Å². The fourth-order valence-corrected chi connectivity index (χ4v) is 4.68. The highest BCUT2D eigenvalue weighted by atomic mass is 79.9. The smallest absolute Gasteiger partial charge is 0.320 e. The molecule has 0 aliphatic carbocycles. The fraction of sp³-hybridized carbons (Fsp3) is 0.188. The van der Waals surface area contributed by atoms with Gasteiger partial charge in [0.1, 0.15) is 5.92 Å². The Morgan fingerprint density at radius 3 is 2.58 bits per heavy atom. The Hall–Kier alpha value is -1.12. The van der Waals surface area contributed by atoms with Crippen molar-refractivity contribution in [2.75, 3.05) is 5.32 Å². The van der Waals surface area contributed by atoms with E-state index in [0.29, 0.717) is 21.3 Å². The maximum Gasteiger partial charge on any atom is 0.399 e. The molecule has 1 unspecified atom stereocenters. The number of hydrogen-bond donors (Lipinski definition) is 1. The van der Waals surface area contributed by atoms with Crippen LogP contribution < -0.4 is 5.32 Å². The molecule has 0 spiro atoms. The number of carbonyl (C=O) groups excluding carboxylic acids is 1. The second kappa shape index (κ2) is 6.31. The first-order valence-corrected chi connectivity index (χ1v) is 9.29. The van der Waals surface area contributed by atoms with Crippen LogP contribution in [0.5, 0.6) is 0 Å². The topological polar surface area (TPSA) is 29.1 Å². The van der Waals surface area contributed by atoms with Gasteiger partial charge >= 0.3 is 6.18 Å². The zero-order valence-electron chi connectivity index (χ0n) is 12.2. The summed E-state index contributed by atoms with van der Waals surface area (Å²) in [5.41, 5.74) is 1.75. The molecule has 24 heavy (non-hydrogen) atoms. The summed E-state index contributed by atoms with van der Waals surface area (Å²) in [6.45, 7) is 1.76. The molecule has 0 saturated heterocycles. The Balaban J connectivity index is 2.20. The molecule has 126 valence electrons. The van der Waals surface area contributed by atoms with Crippen LogP contribution >= 0.6 is 43.2 Å². The monoisotopic (exact) mass is 479 g/mol. The molecule has 1 aliphatic heterocycles. The van der Waals surface area contributed by atoms with E-state index >= 15 is 0 Å². The molecule has 0 fully saturated rings. The summed E-state index contributed by atoms with van der Waals surface area (Å²) in [5.74, 6) is -2.35. The van der Waals surface area contributed by atoms with E-state index in [2.05, 4.69) is 37.2 Å². The van der Waals surface area contributed by atoms with E-state index in [9.17, 15) is 18.0 Å². The van der Waals surface area contributed by atoms with Gasteiger partial charge in [0.2, 0.25) is 0 Å². The lowest BCUT2D eigenvalue weighted by atomic mass is 9.96. The molecule has 1 aromatic heterocycles. The Morgan fingerprint density at radius 1 is 1.29 bits per heavy atom. The van der Waals surface area contributed by atoms with Crippen LogP contribution in [0.3, 0.4) is 0 Å². The summed E-state index contributed by atoms with van der Waals surface area (Å²) < 4.78 is 41.9. The Labute approximate surface area is 157 Å². The average Bonchev–Trinajstić information content (AvgIpc) is 3.09. The second-order valence-corrected chi connectivity index (χ2v) is 7.97. The summed E-state index contributed by atoms with van der Waals surface area (Å²) in [4.78, 5) is 12.5. The number of anilines is 1. The van der Waals surface area contributed by atoms with Crippen LogP contribution in [0.15, 0.2) is 38.6 Å². The molecule has 0 radical (unpaired) electrons. The molecule has 1 aliphatic rings. The predicted molar refractivity (Wildman–Crippen MR) is 96.3 cm³/mol. The van der Waals surface area contributed by atoms with Crippen molar-refractivity contribution in [3.8, 4) is 0 Å². The number of benzene rings is 1. The van der Waals surface area contributed by atoms with Gasteiger partial charge in [0.25, 0.3) is 5.91 Å².